The molecule has 179 valence electrons. The van der Waals surface area contributed by atoms with Gasteiger partial charge in [0.1, 0.15) is 18.2 Å². The standard InChI is InChI=1S/C20H22B2F2N3O7/c1-11(9-25-19(29)14-6-4-13(22(32)33)8-17(14)24)27(10-18(28)26-34-2)20(30)15-5-3-12(21-31)7-16(15)23/h3-8,11,31-33H,9-10H2,1-2H3,(H,25,29)(H,26,28). The fourth-order valence-electron chi connectivity index (χ4n) is 2.99. The van der Waals surface area contributed by atoms with Crippen LogP contribution in [0.5, 0.6) is 0 Å². The van der Waals surface area contributed by atoms with Crippen LogP contribution in [0.4, 0.5) is 8.78 Å². The summed E-state index contributed by atoms with van der Waals surface area (Å²) in [5.41, 5.74) is 1.26. The summed E-state index contributed by atoms with van der Waals surface area (Å²) in [6.45, 7) is 0.695. The first-order chi connectivity index (χ1) is 16.1. The van der Waals surface area contributed by atoms with Crippen molar-refractivity contribution < 1.29 is 43.1 Å². The van der Waals surface area contributed by atoms with Gasteiger partial charge in [0.2, 0.25) is 0 Å². The molecule has 2 rings (SSSR count). The van der Waals surface area contributed by atoms with Gasteiger partial charge in [-0.15, -0.1) is 0 Å². The third-order valence-corrected chi connectivity index (χ3v) is 4.79. The minimum Gasteiger partial charge on any atom is -0.450 e. The highest BCUT2D eigenvalue weighted by Gasteiger charge is 2.27. The van der Waals surface area contributed by atoms with Crippen molar-refractivity contribution in [1.29, 1.82) is 0 Å². The van der Waals surface area contributed by atoms with Crippen molar-refractivity contribution in [3.63, 3.8) is 0 Å². The van der Waals surface area contributed by atoms with E-state index in [4.69, 9.17) is 15.1 Å². The lowest BCUT2D eigenvalue weighted by molar-refractivity contribution is -0.132. The van der Waals surface area contributed by atoms with Crippen molar-refractivity contribution >= 4 is 43.2 Å². The second-order valence-corrected chi connectivity index (χ2v) is 7.20. The summed E-state index contributed by atoms with van der Waals surface area (Å²) in [5, 5.41) is 29.6. The lowest BCUT2D eigenvalue weighted by Crippen LogP contribution is -2.49. The first kappa shape index (κ1) is 26.9. The minimum atomic E-state index is -1.91. The molecular weight excluding hydrogens is 454 g/mol. The number of hydroxylamine groups is 1. The highest BCUT2D eigenvalue weighted by molar-refractivity contribution is 6.58. The van der Waals surface area contributed by atoms with Gasteiger partial charge >= 0.3 is 14.6 Å². The molecular formula is C20H22B2F2N3O7. The zero-order valence-corrected chi connectivity index (χ0v) is 18.3. The largest absolute Gasteiger partial charge is 0.488 e. The summed E-state index contributed by atoms with van der Waals surface area (Å²) < 4.78 is 28.6. The molecule has 0 spiro atoms. The topological polar surface area (TPSA) is 148 Å². The fourth-order valence-corrected chi connectivity index (χ4v) is 2.99. The molecule has 0 aromatic heterocycles. The van der Waals surface area contributed by atoms with E-state index in [9.17, 15) is 23.2 Å². The number of nitrogens with zero attached hydrogens (tertiary/aromatic N) is 1. The number of benzene rings is 2. The lowest BCUT2D eigenvalue weighted by atomic mass is 9.80. The minimum absolute atomic E-state index is 0.125. The van der Waals surface area contributed by atoms with Crippen LogP contribution < -0.4 is 21.7 Å². The van der Waals surface area contributed by atoms with Crippen LogP contribution in [0.15, 0.2) is 36.4 Å². The third kappa shape index (κ3) is 6.84. The van der Waals surface area contributed by atoms with Gasteiger partial charge in [-0.2, -0.15) is 0 Å². The molecule has 0 aliphatic rings. The summed E-state index contributed by atoms with van der Waals surface area (Å²) in [6.07, 6.45) is 0. The van der Waals surface area contributed by atoms with Gasteiger partial charge in [-0.05, 0) is 36.7 Å². The predicted molar refractivity (Wildman–Crippen MR) is 118 cm³/mol. The van der Waals surface area contributed by atoms with E-state index in [0.717, 1.165) is 35.2 Å². The monoisotopic (exact) mass is 476 g/mol. The van der Waals surface area contributed by atoms with Gasteiger partial charge < -0.3 is 25.3 Å². The van der Waals surface area contributed by atoms with Crippen LogP contribution in [-0.4, -0.2) is 78.5 Å². The van der Waals surface area contributed by atoms with Crippen LogP contribution in [0.2, 0.25) is 0 Å². The molecule has 0 aliphatic heterocycles. The van der Waals surface area contributed by atoms with Crippen molar-refractivity contribution in [2.75, 3.05) is 20.2 Å². The van der Waals surface area contributed by atoms with Crippen molar-refractivity contribution in [3.05, 3.63) is 59.2 Å². The van der Waals surface area contributed by atoms with E-state index in [2.05, 4.69) is 10.2 Å². The molecule has 0 aliphatic carbocycles. The molecule has 0 bridgehead atoms. The number of amides is 3. The Hall–Kier alpha value is -3.32. The molecule has 10 nitrogen and oxygen atoms in total. The number of carbonyl (C=O) groups excluding carboxylic acids is 3. The molecule has 1 radical (unpaired) electrons. The zero-order chi connectivity index (χ0) is 25.4. The lowest BCUT2D eigenvalue weighted by Gasteiger charge is -2.29. The molecule has 0 saturated carbocycles. The summed E-state index contributed by atoms with van der Waals surface area (Å²) in [6, 6.07) is 5.53. The SMILES string of the molecule is CONC(=O)CN(C(=O)c1ccc([B]O)cc1F)C(C)CNC(=O)c1ccc(B(O)O)cc1F. The van der Waals surface area contributed by atoms with Crippen LogP contribution in [0.25, 0.3) is 0 Å². The number of nitrogens with one attached hydrogen (secondary N) is 2. The van der Waals surface area contributed by atoms with Gasteiger partial charge in [0.15, 0.2) is 0 Å². The smallest absolute Gasteiger partial charge is 0.450 e. The predicted octanol–water partition coefficient (Wildman–Crippen LogP) is -2.18. The molecule has 0 heterocycles. The Labute approximate surface area is 194 Å². The maximum atomic E-state index is 14.4. The average molecular weight is 476 g/mol. The molecule has 34 heavy (non-hydrogen) atoms. The Morgan fingerprint density at radius 2 is 1.76 bits per heavy atom. The summed E-state index contributed by atoms with van der Waals surface area (Å²) in [5.74, 6) is -4.38. The molecule has 1 atom stereocenters. The molecule has 2 aromatic rings. The normalized spacial score (nSPS) is 11.4. The molecule has 2 aromatic carbocycles. The Morgan fingerprint density at radius 1 is 1.12 bits per heavy atom. The van der Waals surface area contributed by atoms with Crippen LogP contribution in [0.1, 0.15) is 27.6 Å². The van der Waals surface area contributed by atoms with Gasteiger partial charge in [-0.25, -0.2) is 14.3 Å². The second-order valence-electron chi connectivity index (χ2n) is 7.20. The Morgan fingerprint density at radius 3 is 2.32 bits per heavy atom. The molecule has 3 amide bonds. The Balaban J connectivity index is 2.20. The first-order valence-electron chi connectivity index (χ1n) is 9.92. The molecule has 0 saturated heterocycles. The van der Waals surface area contributed by atoms with E-state index < -0.39 is 49.1 Å². The van der Waals surface area contributed by atoms with Crippen molar-refractivity contribution in [3.8, 4) is 0 Å². The van der Waals surface area contributed by atoms with E-state index in [-0.39, 0.29) is 28.6 Å². The zero-order valence-electron chi connectivity index (χ0n) is 18.3. The van der Waals surface area contributed by atoms with Crippen LogP contribution in [0.3, 0.4) is 0 Å². The molecule has 1 unspecified atom stereocenters. The van der Waals surface area contributed by atoms with Crippen molar-refractivity contribution in [2.45, 2.75) is 13.0 Å². The Bertz CT molecular complexity index is 1060. The number of rotatable bonds is 10. The number of hydrogen-bond acceptors (Lipinski definition) is 7. The molecule has 5 N–H and O–H groups in total. The number of halogens is 2. The van der Waals surface area contributed by atoms with Crippen molar-refractivity contribution in [2.24, 2.45) is 0 Å². The van der Waals surface area contributed by atoms with E-state index in [1.807, 2.05) is 5.48 Å². The average Bonchev–Trinajstić information content (AvgIpc) is 2.80. The van der Waals surface area contributed by atoms with E-state index in [0.29, 0.717) is 7.48 Å². The fraction of sp³-hybridized carbons (Fsp3) is 0.250. The third-order valence-electron chi connectivity index (χ3n) is 4.79. The molecule has 14 heteroatoms. The van der Waals surface area contributed by atoms with Gasteiger partial charge in [0, 0.05) is 12.6 Å². The molecule has 0 fully saturated rings. The van der Waals surface area contributed by atoms with Gasteiger partial charge in [-0.1, -0.05) is 17.6 Å². The summed E-state index contributed by atoms with van der Waals surface area (Å²) >= 11 is 0. The first-order valence-corrected chi connectivity index (χ1v) is 9.92. The van der Waals surface area contributed by atoms with Gasteiger partial charge in [-0.3, -0.25) is 19.2 Å². The second kappa shape index (κ2) is 12.2. The van der Waals surface area contributed by atoms with E-state index in [1.165, 1.54) is 20.1 Å². The van der Waals surface area contributed by atoms with Crippen LogP contribution in [-0.2, 0) is 9.63 Å². The van der Waals surface area contributed by atoms with Gasteiger partial charge in [0.25, 0.3) is 17.7 Å². The van der Waals surface area contributed by atoms with Gasteiger partial charge in [0.05, 0.1) is 18.2 Å². The maximum absolute atomic E-state index is 14.4. The maximum Gasteiger partial charge on any atom is 0.488 e. The highest BCUT2D eigenvalue weighted by atomic mass is 19.1. The number of hydrogen-bond donors (Lipinski definition) is 5. The summed E-state index contributed by atoms with van der Waals surface area (Å²) in [7, 11) is -0.0616. The van der Waals surface area contributed by atoms with E-state index >= 15 is 0 Å². The summed E-state index contributed by atoms with van der Waals surface area (Å²) in [4.78, 5) is 42.9. The van der Waals surface area contributed by atoms with Crippen molar-refractivity contribution in [1.82, 2.24) is 15.7 Å². The van der Waals surface area contributed by atoms with E-state index in [1.54, 1.807) is 0 Å². The highest BCUT2D eigenvalue weighted by Crippen LogP contribution is 2.12. The van der Waals surface area contributed by atoms with Crippen LogP contribution in [0, 0.1) is 11.6 Å². The Kier molecular flexibility index (Phi) is 9.69. The number of carbonyl (C=O) groups is 3. The quantitative estimate of drug-likeness (QED) is 0.194. The van der Waals surface area contributed by atoms with Crippen LogP contribution >= 0.6 is 0 Å².